The highest BCUT2D eigenvalue weighted by molar-refractivity contribution is 8.14. The summed E-state index contributed by atoms with van der Waals surface area (Å²) in [6.45, 7) is 0. The number of para-hydroxylation sites is 1. The Balaban J connectivity index is 1.42. The van der Waals surface area contributed by atoms with E-state index < -0.39 is 20.0 Å². The molecule has 5 aromatic rings. The van der Waals surface area contributed by atoms with E-state index in [9.17, 15) is 35.4 Å². The van der Waals surface area contributed by atoms with Gasteiger partial charge in [0.15, 0.2) is 5.17 Å². The van der Waals surface area contributed by atoms with Gasteiger partial charge >= 0.3 is 0 Å². The SMILES string of the molecule is O=[N+]([O-])c1cccc(Nc2nc(/N=C3/NC(c4ccc(O)cc4)=CC(c4ccccc4[N+](=O)[O-])S3)nc(Nc3cccc([N+](=O)[O-])c3)n2)c1. The lowest BCUT2D eigenvalue weighted by molar-refractivity contribution is -0.385. The van der Waals surface area contributed by atoms with Gasteiger partial charge in [-0.2, -0.15) is 19.9 Å². The number of aromatic hydroxyl groups is 1. The van der Waals surface area contributed by atoms with Crippen LogP contribution >= 0.6 is 11.8 Å². The van der Waals surface area contributed by atoms with Crippen LogP contribution in [0.15, 0.2) is 108 Å². The van der Waals surface area contributed by atoms with E-state index in [1.807, 2.05) is 0 Å². The number of thioether (sulfide) groups is 1. The van der Waals surface area contributed by atoms with Gasteiger partial charge in [-0.1, -0.05) is 42.1 Å². The van der Waals surface area contributed by atoms with E-state index in [0.717, 1.165) is 11.8 Å². The number of non-ortho nitro benzene ring substituents is 2. The summed E-state index contributed by atoms with van der Waals surface area (Å²) in [6, 6.07) is 24.0. The number of nitro benzene ring substituents is 3. The standard InChI is InChI=1S/C31H22N10O7S/c42-23-13-11-18(12-14-23)25-17-27(24-9-1-2-10-26(24)41(47)48)49-31(34-25)38-30-36-28(32-19-5-3-7-21(15-19)39(43)44)35-29(37-30)33-20-6-4-8-22(16-20)40(45)46/h1-17,27,42H,(H3,32,33,34,35,36,37,38). The summed E-state index contributed by atoms with van der Waals surface area (Å²) in [5.74, 6) is -0.211. The number of rotatable bonds is 10. The minimum Gasteiger partial charge on any atom is -0.508 e. The summed E-state index contributed by atoms with van der Waals surface area (Å²) >= 11 is 1.16. The summed E-state index contributed by atoms with van der Waals surface area (Å²) in [5, 5.41) is 53.1. The molecule has 1 aromatic heterocycles. The molecule has 17 nitrogen and oxygen atoms in total. The Morgan fingerprint density at radius 2 is 1.33 bits per heavy atom. The lowest BCUT2D eigenvalue weighted by Gasteiger charge is -2.24. The first-order valence-corrected chi connectivity index (χ1v) is 15.1. The van der Waals surface area contributed by atoms with Gasteiger partial charge in [0.05, 0.1) is 20.0 Å². The summed E-state index contributed by atoms with van der Waals surface area (Å²) in [7, 11) is 0. The van der Waals surface area contributed by atoms with E-state index in [2.05, 4.69) is 35.9 Å². The second-order valence-electron chi connectivity index (χ2n) is 10.2. The highest BCUT2D eigenvalue weighted by atomic mass is 32.2. The largest absolute Gasteiger partial charge is 0.508 e. The Hall–Kier alpha value is -6.95. The molecule has 0 radical (unpaired) electrons. The molecule has 0 saturated heterocycles. The Morgan fingerprint density at radius 1 is 0.735 bits per heavy atom. The number of aliphatic imine (C=N–C) groups is 1. The Morgan fingerprint density at radius 3 is 1.90 bits per heavy atom. The number of aromatic nitrogens is 3. The second-order valence-corrected chi connectivity index (χ2v) is 11.3. The van der Waals surface area contributed by atoms with Crippen molar-refractivity contribution in [3.63, 3.8) is 0 Å². The van der Waals surface area contributed by atoms with Gasteiger partial charge in [0, 0.05) is 53.0 Å². The second kappa shape index (κ2) is 13.8. The molecular formula is C31H22N10O7S. The van der Waals surface area contributed by atoms with Crippen LogP contribution in [0.3, 0.4) is 0 Å². The van der Waals surface area contributed by atoms with Gasteiger partial charge in [-0.25, -0.2) is 0 Å². The molecule has 18 heteroatoms. The van der Waals surface area contributed by atoms with Crippen LogP contribution in [0.1, 0.15) is 16.4 Å². The van der Waals surface area contributed by atoms with Crippen molar-refractivity contribution in [2.45, 2.75) is 5.25 Å². The molecular weight excluding hydrogens is 656 g/mol. The van der Waals surface area contributed by atoms with Gasteiger partial charge in [-0.05, 0) is 48.0 Å². The maximum atomic E-state index is 11.9. The van der Waals surface area contributed by atoms with Crippen molar-refractivity contribution in [2.24, 2.45) is 4.99 Å². The van der Waals surface area contributed by atoms with Gasteiger partial charge in [0.1, 0.15) is 5.75 Å². The minimum absolute atomic E-state index is 0.0522. The third-order valence-electron chi connectivity index (χ3n) is 6.87. The fourth-order valence-electron chi connectivity index (χ4n) is 4.67. The van der Waals surface area contributed by atoms with Crippen LogP contribution in [-0.4, -0.2) is 40.0 Å². The van der Waals surface area contributed by atoms with E-state index in [-0.39, 0.29) is 45.8 Å². The van der Waals surface area contributed by atoms with Gasteiger partial charge in [0.2, 0.25) is 11.9 Å². The van der Waals surface area contributed by atoms with Gasteiger partial charge in [-0.15, -0.1) is 0 Å². The molecule has 0 aliphatic carbocycles. The van der Waals surface area contributed by atoms with Crippen LogP contribution in [0.4, 0.5) is 46.3 Å². The van der Waals surface area contributed by atoms with Crippen LogP contribution in [0.2, 0.25) is 0 Å². The molecule has 0 saturated carbocycles. The lowest BCUT2D eigenvalue weighted by atomic mass is 10.1. The van der Waals surface area contributed by atoms with Crippen molar-refractivity contribution in [2.75, 3.05) is 10.6 Å². The number of hydrogen-bond acceptors (Lipinski definition) is 14. The highest BCUT2D eigenvalue weighted by Gasteiger charge is 2.27. The zero-order chi connectivity index (χ0) is 34.5. The molecule has 1 aliphatic rings. The lowest BCUT2D eigenvalue weighted by Crippen LogP contribution is -2.24. The molecule has 4 aromatic carbocycles. The van der Waals surface area contributed by atoms with Crippen molar-refractivity contribution in [1.82, 2.24) is 20.3 Å². The zero-order valence-electron chi connectivity index (χ0n) is 24.8. The van der Waals surface area contributed by atoms with Gasteiger partial charge in [0.25, 0.3) is 23.0 Å². The third-order valence-corrected chi connectivity index (χ3v) is 7.93. The van der Waals surface area contributed by atoms with Crippen molar-refractivity contribution in [3.8, 4) is 5.75 Å². The van der Waals surface area contributed by atoms with E-state index in [1.54, 1.807) is 48.5 Å². The molecule has 0 bridgehead atoms. The normalized spacial score (nSPS) is 14.7. The number of anilines is 4. The topological polar surface area (TPSA) is 237 Å². The molecule has 0 spiro atoms. The van der Waals surface area contributed by atoms with Crippen molar-refractivity contribution in [1.29, 1.82) is 0 Å². The average molecular weight is 679 g/mol. The van der Waals surface area contributed by atoms with Gasteiger partial charge in [-0.3, -0.25) is 30.3 Å². The average Bonchev–Trinajstić information content (AvgIpc) is 3.08. The Labute approximate surface area is 280 Å². The summed E-state index contributed by atoms with van der Waals surface area (Å²) < 4.78 is 0. The monoisotopic (exact) mass is 678 g/mol. The van der Waals surface area contributed by atoms with Crippen LogP contribution < -0.4 is 16.0 Å². The summed E-state index contributed by atoms with van der Waals surface area (Å²) in [6.07, 6.45) is 1.80. The number of benzene rings is 4. The first-order valence-electron chi connectivity index (χ1n) is 14.2. The van der Waals surface area contributed by atoms with Crippen LogP contribution in [-0.2, 0) is 0 Å². The van der Waals surface area contributed by atoms with E-state index in [0.29, 0.717) is 28.2 Å². The number of nitrogens with one attached hydrogen (secondary N) is 3. The third kappa shape index (κ3) is 7.72. The maximum absolute atomic E-state index is 11.9. The first kappa shape index (κ1) is 32.0. The van der Waals surface area contributed by atoms with Gasteiger partial charge < -0.3 is 21.1 Å². The molecule has 6 rings (SSSR count). The predicted molar refractivity (Wildman–Crippen MR) is 182 cm³/mol. The fraction of sp³-hybridized carbons (Fsp3) is 0.0323. The number of phenols is 1. The Kier molecular flexibility index (Phi) is 9.02. The van der Waals surface area contributed by atoms with Crippen LogP contribution in [0.5, 0.6) is 5.75 Å². The molecule has 1 atom stereocenters. The van der Waals surface area contributed by atoms with E-state index >= 15 is 0 Å². The molecule has 4 N–H and O–H groups in total. The number of hydrogen-bond donors (Lipinski definition) is 4. The predicted octanol–water partition coefficient (Wildman–Crippen LogP) is 6.90. The highest BCUT2D eigenvalue weighted by Crippen LogP contribution is 2.41. The quantitative estimate of drug-likeness (QED) is 0.0869. The number of phenolic OH excluding ortho intramolecular Hbond substituents is 1. The molecule has 0 amide bonds. The smallest absolute Gasteiger partial charge is 0.274 e. The number of nitro groups is 3. The first-order chi connectivity index (χ1) is 23.6. The summed E-state index contributed by atoms with van der Waals surface area (Å²) in [5.41, 5.74) is 1.76. The van der Waals surface area contributed by atoms with Crippen molar-refractivity contribution < 1.29 is 19.9 Å². The van der Waals surface area contributed by atoms with Crippen molar-refractivity contribution >= 4 is 68.9 Å². The van der Waals surface area contributed by atoms with Crippen LogP contribution in [0.25, 0.3) is 5.70 Å². The van der Waals surface area contributed by atoms with Crippen molar-refractivity contribution in [3.05, 3.63) is 145 Å². The molecule has 0 fully saturated rings. The van der Waals surface area contributed by atoms with E-state index in [4.69, 9.17) is 0 Å². The molecule has 1 unspecified atom stereocenters. The number of amidine groups is 1. The molecule has 1 aliphatic heterocycles. The molecule has 49 heavy (non-hydrogen) atoms. The Bertz CT molecular complexity index is 2080. The van der Waals surface area contributed by atoms with E-state index in [1.165, 1.54) is 54.6 Å². The van der Waals surface area contributed by atoms with Crippen LogP contribution in [0, 0.1) is 30.3 Å². The molecule has 2 heterocycles. The zero-order valence-corrected chi connectivity index (χ0v) is 25.6. The maximum Gasteiger partial charge on any atom is 0.274 e. The fourth-order valence-corrected chi connectivity index (χ4v) is 5.75. The minimum atomic E-state index is -0.586. The summed E-state index contributed by atoms with van der Waals surface area (Å²) in [4.78, 5) is 50.7. The number of nitrogens with zero attached hydrogens (tertiary/aromatic N) is 7. The molecule has 244 valence electrons.